The molecule has 3 saturated heterocycles. The molecule has 3 fully saturated rings. The Hall–Kier alpha value is -1.98. The summed E-state index contributed by atoms with van der Waals surface area (Å²) in [6, 6.07) is 2.18. The van der Waals surface area contributed by atoms with Gasteiger partial charge in [0, 0.05) is 31.8 Å². The molecule has 0 saturated carbocycles. The Morgan fingerprint density at radius 3 is 2.41 bits per heavy atom. The molecular weight excluding hydrogens is 384 g/mol. The molecule has 27 heavy (non-hydrogen) atoms. The molecule has 11 heteroatoms. The molecule has 0 bridgehead atoms. The average Bonchev–Trinajstić information content (AvgIpc) is 2.85. The Kier molecular flexibility index (Phi) is 4.28. The number of amides is 1. The van der Waals surface area contributed by atoms with E-state index in [1.54, 1.807) is 4.90 Å². The molecule has 1 N–H and O–H groups in total. The van der Waals surface area contributed by atoms with Crippen molar-refractivity contribution in [3.05, 3.63) is 23.8 Å². The zero-order valence-corrected chi connectivity index (χ0v) is 15.4. The van der Waals surface area contributed by atoms with Crippen molar-refractivity contribution < 1.29 is 31.5 Å². The maximum absolute atomic E-state index is 14.6. The number of anilines is 2. The maximum Gasteiger partial charge on any atom is 0.414 e. The van der Waals surface area contributed by atoms with Crippen LogP contribution in [0.3, 0.4) is 0 Å². The molecule has 3 aliphatic rings. The second-order valence-corrected chi connectivity index (χ2v) is 9.18. The number of halogens is 2. The Bertz CT molecular complexity index is 859. The minimum Gasteiger partial charge on any atom is -0.443 e. The van der Waals surface area contributed by atoms with Gasteiger partial charge in [0.1, 0.15) is 11.8 Å². The van der Waals surface area contributed by atoms with E-state index in [1.165, 1.54) is 0 Å². The Morgan fingerprint density at radius 1 is 1.26 bits per heavy atom. The topological polar surface area (TPSA) is 88.2 Å². The molecule has 0 aromatic heterocycles. The number of cyclic esters (lactones) is 1. The molecule has 3 aliphatic heterocycles. The Morgan fingerprint density at radius 2 is 1.89 bits per heavy atom. The van der Waals surface area contributed by atoms with Crippen molar-refractivity contribution in [2.24, 2.45) is 5.41 Å². The van der Waals surface area contributed by atoms with Crippen LogP contribution in [0, 0.1) is 17.0 Å². The number of benzene rings is 1. The summed E-state index contributed by atoms with van der Waals surface area (Å²) in [5.41, 5.74) is -0.0715. The van der Waals surface area contributed by atoms with Gasteiger partial charge in [0.15, 0.2) is 11.6 Å². The van der Waals surface area contributed by atoms with Gasteiger partial charge in [-0.1, -0.05) is 0 Å². The SMILES string of the molecule is CS(=O)(=O)NCC1CN(c2cc(F)c(N3CC4(COC4)C3)c(F)c2)C(=O)O1. The van der Waals surface area contributed by atoms with E-state index in [0.717, 1.165) is 23.3 Å². The molecule has 0 aliphatic carbocycles. The lowest BCUT2D eigenvalue weighted by Crippen LogP contribution is -2.66. The number of nitrogens with one attached hydrogen (secondary N) is 1. The summed E-state index contributed by atoms with van der Waals surface area (Å²) in [6.45, 7) is 2.16. The van der Waals surface area contributed by atoms with E-state index in [2.05, 4.69) is 4.72 Å². The summed E-state index contributed by atoms with van der Waals surface area (Å²) < 4.78 is 63.8. The molecule has 8 nitrogen and oxygen atoms in total. The number of carbonyl (C=O) groups is 1. The van der Waals surface area contributed by atoms with E-state index in [4.69, 9.17) is 9.47 Å². The Labute approximate surface area is 155 Å². The predicted octanol–water partition coefficient (Wildman–Crippen LogP) is 0.676. The molecule has 4 rings (SSSR count). The normalized spacial score (nSPS) is 24.0. The standard InChI is InChI=1S/C16H19F2N3O5S/c1-27(23,24)19-4-11-5-21(15(22)26-11)10-2-12(17)14(13(18)3-10)20-6-16(7-20)8-25-9-16/h2-3,11,19H,4-9H2,1H3. The minimum atomic E-state index is -3.44. The van der Waals surface area contributed by atoms with Gasteiger partial charge in [0.25, 0.3) is 0 Å². The first-order chi connectivity index (χ1) is 12.7. The van der Waals surface area contributed by atoms with Gasteiger partial charge in [-0.2, -0.15) is 0 Å². The van der Waals surface area contributed by atoms with Gasteiger partial charge < -0.3 is 14.4 Å². The van der Waals surface area contributed by atoms with Crippen LogP contribution in [-0.2, 0) is 19.5 Å². The van der Waals surface area contributed by atoms with Crippen molar-refractivity contribution in [1.82, 2.24) is 4.72 Å². The lowest BCUT2D eigenvalue weighted by molar-refractivity contribution is -0.127. The van der Waals surface area contributed by atoms with Crippen LogP contribution in [0.25, 0.3) is 0 Å². The first kappa shape index (κ1) is 18.4. The molecule has 0 radical (unpaired) electrons. The second-order valence-electron chi connectivity index (χ2n) is 7.34. The van der Waals surface area contributed by atoms with Gasteiger partial charge in [0.05, 0.1) is 37.1 Å². The van der Waals surface area contributed by atoms with E-state index in [1.807, 2.05) is 0 Å². The number of nitrogens with zero attached hydrogens (tertiary/aromatic N) is 2. The highest BCUT2D eigenvalue weighted by molar-refractivity contribution is 7.88. The van der Waals surface area contributed by atoms with Crippen LogP contribution < -0.4 is 14.5 Å². The average molecular weight is 403 g/mol. The van der Waals surface area contributed by atoms with Crippen LogP contribution in [0.5, 0.6) is 0 Å². The predicted molar refractivity (Wildman–Crippen MR) is 92.3 cm³/mol. The zero-order chi connectivity index (χ0) is 19.4. The summed E-state index contributed by atoms with van der Waals surface area (Å²) >= 11 is 0. The maximum atomic E-state index is 14.6. The molecule has 148 valence electrons. The number of hydrogen-bond donors (Lipinski definition) is 1. The largest absolute Gasteiger partial charge is 0.443 e. The second kappa shape index (κ2) is 6.28. The van der Waals surface area contributed by atoms with E-state index in [9.17, 15) is 22.0 Å². The van der Waals surface area contributed by atoms with E-state index < -0.39 is 33.9 Å². The first-order valence-electron chi connectivity index (χ1n) is 8.40. The van der Waals surface area contributed by atoms with Gasteiger partial charge in [-0.3, -0.25) is 4.90 Å². The lowest BCUT2D eigenvalue weighted by Gasteiger charge is -2.56. The third kappa shape index (κ3) is 3.46. The van der Waals surface area contributed by atoms with Crippen LogP contribution >= 0.6 is 0 Å². The monoisotopic (exact) mass is 403 g/mol. The van der Waals surface area contributed by atoms with Crippen LogP contribution in [0.15, 0.2) is 12.1 Å². The van der Waals surface area contributed by atoms with Crippen LogP contribution in [-0.4, -0.2) is 66.3 Å². The van der Waals surface area contributed by atoms with Crippen molar-refractivity contribution in [2.45, 2.75) is 6.10 Å². The van der Waals surface area contributed by atoms with E-state index >= 15 is 0 Å². The zero-order valence-electron chi connectivity index (χ0n) is 14.6. The summed E-state index contributed by atoms with van der Waals surface area (Å²) in [4.78, 5) is 14.7. The molecule has 1 atom stereocenters. The van der Waals surface area contributed by atoms with Gasteiger partial charge >= 0.3 is 6.09 Å². The highest BCUT2D eigenvalue weighted by Gasteiger charge is 2.50. The van der Waals surface area contributed by atoms with E-state index in [-0.39, 0.29) is 29.9 Å². The fraction of sp³-hybridized carbons (Fsp3) is 0.562. The highest BCUT2D eigenvalue weighted by atomic mass is 32.2. The van der Waals surface area contributed by atoms with Gasteiger partial charge in [0.2, 0.25) is 10.0 Å². The first-order valence-corrected chi connectivity index (χ1v) is 10.3. The van der Waals surface area contributed by atoms with Crippen molar-refractivity contribution >= 4 is 27.5 Å². The molecule has 1 aromatic carbocycles. The van der Waals surface area contributed by atoms with Crippen molar-refractivity contribution in [2.75, 3.05) is 55.4 Å². The van der Waals surface area contributed by atoms with Crippen LogP contribution in [0.4, 0.5) is 25.0 Å². The lowest BCUT2D eigenvalue weighted by atomic mass is 9.77. The Balaban J connectivity index is 1.47. The molecule has 1 amide bonds. The molecule has 1 spiro atoms. The highest BCUT2D eigenvalue weighted by Crippen LogP contribution is 2.42. The summed E-state index contributed by atoms with van der Waals surface area (Å²) in [5.74, 6) is -1.52. The molecular formula is C16H19F2N3O5S. The third-order valence-corrected chi connectivity index (χ3v) is 5.64. The van der Waals surface area contributed by atoms with Crippen LogP contribution in [0.1, 0.15) is 0 Å². The molecule has 3 heterocycles. The number of ether oxygens (including phenoxy) is 2. The fourth-order valence-corrected chi connectivity index (χ4v) is 4.08. The van der Waals surface area contributed by atoms with Crippen LogP contribution in [0.2, 0.25) is 0 Å². The summed E-state index contributed by atoms with van der Waals surface area (Å²) in [5, 5.41) is 0. The molecule has 1 aromatic rings. The molecule has 1 unspecified atom stereocenters. The van der Waals surface area contributed by atoms with E-state index in [0.29, 0.717) is 26.3 Å². The van der Waals surface area contributed by atoms with Gasteiger partial charge in [-0.05, 0) is 0 Å². The number of carbonyl (C=O) groups excluding carboxylic acids is 1. The van der Waals surface area contributed by atoms with Crippen molar-refractivity contribution in [3.63, 3.8) is 0 Å². The fourth-order valence-electron chi connectivity index (χ4n) is 3.59. The third-order valence-electron chi connectivity index (χ3n) is 4.95. The smallest absolute Gasteiger partial charge is 0.414 e. The quantitative estimate of drug-likeness (QED) is 0.778. The summed E-state index contributed by atoms with van der Waals surface area (Å²) in [7, 11) is -3.44. The van der Waals surface area contributed by atoms with Gasteiger partial charge in [-0.15, -0.1) is 0 Å². The summed E-state index contributed by atoms with van der Waals surface area (Å²) in [6.07, 6.45) is -0.538. The number of hydrogen-bond acceptors (Lipinski definition) is 6. The van der Waals surface area contributed by atoms with Gasteiger partial charge in [-0.25, -0.2) is 26.7 Å². The minimum absolute atomic E-state index is 0.0101. The van der Waals surface area contributed by atoms with Crippen molar-refractivity contribution in [3.8, 4) is 0 Å². The van der Waals surface area contributed by atoms with Crippen molar-refractivity contribution in [1.29, 1.82) is 0 Å². The number of rotatable bonds is 5. The number of sulfonamides is 1.